The van der Waals surface area contributed by atoms with E-state index in [2.05, 4.69) is 13.8 Å². The molecule has 3 nitrogen and oxygen atoms in total. The van der Waals surface area contributed by atoms with E-state index < -0.39 is 11.4 Å². The van der Waals surface area contributed by atoms with E-state index in [4.69, 9.17) is 10.2 Å². The Balaban J connectivity index is 3.51. The van der Waals surface area contributed by atoms with Crippen LogP contribution in [0, 0.1) is 10.8 Å². The van der Waals surface area contributed by atoms with Gasteiger partial charge in [0.25, 0.3) is 0 Å². The Morgan fingerprint density at radius 3 is 2.00 bits per heavy atom. The summed E-state index contributed by atoms with van der Waals surface area (Å²) in [5.74, 6) is 1.41. The van der Waals surface area contributed by atoms with E-state index in [1.54, 1.807) is 13.8 Å². The lowest BCUT2D eigenvalue weighted by Crippen LogP contribution is -2.23. The number of hydrogen-bond donors (Lipinski definition) is 2. The number of aliphatic carboxylic acids is 1. The van der Waals surface area contributed by atoms with Crippen molar-refractivity contribution in [1.82, 2.24) is 0 Å². The Kier molecular flexibility index (Phi) is 7.95. The van der Waals surface area contributed by atoms with Gasteiger partial charge >= 0.3 is 5.97 Å². The highest BCUT2D eigenvalue weighted by Gasteiger charge is 2.25. The molecule has 0 aliphatic rings. The highest BCUT2D eigenvalue weighted by molar-refractivity contribution is 7.99. The second-order valence-electron chi connectivity index (χ2n) is 6.33. The van der Waals surface area contributed by atoms with Crippen LogP contribution in [0.3, 0.4) is 0 Å². The van der Waals surface area contributed by atoms with E-state index in [1.807, 2.05) is 11.8 Å². The highest BCUT2D eigenvalue weighted by Crippen LogP contribution is 2.25. The zero-order valence-electron chi connectivity index (χ0n) is 12.2. The van der Waals surface area contributed by atoms with Crippen molar-refractivity contribution in [3.05, 3.63) is 0 Å². The molecule has 0 heterocycles. The van der Waals surface area contributed by atoms with Crippen molar-refractivity contribution in [3.8, 4) is 0 Å². The molecule has 0 saturated heterocycles. The monoisotopic (exact) mass is 276 g/mol. The second kappa shape index (κ2) is 8.05. The fourth-order valence-electron chi connectivity index (χ4n) is 1.56. The van der Waals surface area contributed by atoms with Crippen molar-refractivity contribution in [2.75, 3.05) is 18.1 Å². The maximum absolute atomic E-state index is 10.9. The normalized spacial score (nSPS) is 12.7. The van der Waals surface area contributed by atoms with Gasteiger partial charge in [-0.25, -0.2) is 0 Å². The summed E-state index contributed by atoms with van der Waals surface area (Å²) in [6.45, 7) is 7.96. The first kappa shape index (κ1) is 17.8. The summed E-state index contributed by atoms with van der Waals surface area (Å²) >= 11 is 1.88. The molecule has 0 aliphatic heterocycles. The van der Waals surface area contributed by atoms with Crippen molar-refractivity contribution in [2.24, 2.45) is 10.8 Å². The van der Waals surface area contributed by atoms with Gasteiger partial charge in [0, 0.05) is 6.61 Å². The molecule has 0 amide bonds. The van der Waals surface area contributed by atoms with Crippen LogP contribution in [0.25, 0.3) is 0 Å². The van der Waals surface area contributed by atoms with Crippen LogP contribution in [0.15, 0.2) is 0 Å². The minimum absolute atomic E-state index is 0.0336. The predicted octanol–water partition coefficient (Wildman–Crippen LogP) is 3.41. The largest absolute Gasteiger partial charge is 0.481 e. The van der Waals surface area contributed by atoms with Crippen molar-refractivity contribution in [2.45, 2.75) is 53.4 Å². The summed E-state index contributed by atoms with van der Waals surface area (Å²) < 4.78 is 0. The third-order valence-electron chi connectivity index (χ3n) is 3.24. The average Bonchev–Trinajstić information content (AvgIpc) is 2.27. The van der Waals surface area contributed by atoms with Crippen LogP contribution in [0.5, 0.6) is 0 Å². The molecular formula is C14H28O3S. The molecular weight excluding hydrogens is 248 g/mol. The molecule has 0 atom stereocenters. The van der Waals surface area contributed by atoms with Gasteiger partial charge in [0.15, 0.2) is 0 Å². The summed E-state index contributed by atoms with van der Waals surface area (Å²) in [7, 11) is 0. The van der Waals surface area contributed by atoms with Crippen molar-refractivity contribution in [3.63, 3.8) is 0 Å². The van der Waals surface area contributed by atoms with Crippen LogP contribution in [-0.4, -0.2) is 34.3 Å². The zero-order valence-corrected chi connectivity index (χ0v) is 13.0. The molecule has 0 unspecified atom stereocenters. The Hall–Kier alpha value is -0.220. The minimum atomic E-state index is -0.711. The van der Waals surface area contributed by atoms with Crippen LogP contribution >= 0.6 is 11.8 Å². The molecule has 0 fully saturated rings. The summed E-state index contributed by atoms with van der Waals surface area (Å²) in [5.41, 5.74) is -0.564. The molecule has 18 heavy (non-hydrogen) atoms. The molecule has 0 saturated carbocycles. The molecule has 0 spiro atoms. The minimum Gasteiger partial charge on any atom is -0.481 e. The van der Waals surface area contributed by atoms with Crippen molar-refractivity contribution in [1.29, 1.82) is 0 Å². The van der Waals surface area contributed by atoms with Gasteiger partial charge in [0.2, 0.25) is 0 Å². The third-order valence-corrected chi connectivity index (χ3v) is 4.39. The summed E-state index contributed by atoms with van der Waals surface area (Å²) in [4.78, 5) is 10.9. The van der Waals surface area contributed by atoms with Gasteiger partial charge in [0.05, 0.1) is 5.41 Å². The SMILES string of the molecule is CC(C)(CO)CCCSCCCC(C)(C)C(=O)O. The molecule has 108 valence electrons. The Morgan fingerprint density at radius 2 is 1.56 bits per heavy atom. The summed E-state index contributed by atoms with van der Waals surface area (Å²) in [6.07, 6.45) is 3.84. The van der Waals surface area contributed by atoms with E-state index in [9.17, 15) is 4.79 Å². The Morgan fingerprint density at radius 1 is 1.06 bits per heavy atom. The number of hydrogen-bond acceptors (Lipinski definition) is 3. The van der Waals surface area contributed by atoms with Gasteiger partial charge in [-0.2, -0.15) is 11.8 Å². The fraction of sp³-hybridized carbons (Fsp3) is 0.929. The Bertz CT molecular complexity index is 249. The molecule has 0 aromatic carbocycles. The molecule has 0 aliphatic carbocycles. The molecule has 2 N–H and O–H groups in total. The quantitative estimate of drug-likeness (QED) is 0.600. The molecule has 0 radical (unpaired) electrons. The van der Waals surface area contributed by atoms with E-state index in [1.165, 1.54) is 0 Å². The number of rotatable bonds is 10. The van der Waals surface area contributed by atoms with Gasteiger partial charge in [-0.15, -0.1) is 0 Å². The summed E-state index contributed by atoms with van der Waals surface area (Å²) in [5, 5.41) is 18.1. The van der Waals surface area contributed by atoms with E-state index in [-0.39, 0.29) is 12.0 Å². The van der Waals surface area contributed by atoms with Crippen molar-refractivity contribution >= 4 is 17.7 Å². The fourth-order valence-corrected chi connectivity index (χ4v) is 2.46. The predicted molar refractivity (Wildman–Crippen MR) is 78.1 cm³/mol. The smallest absolute Gasteiger partial charge is 0.309 e. The topological polar surface area (TPSA) is 57.5 Å². The second-order valence-corrected chi connectivity index (χ2v) is 7.56. The first-order valence-corrected chi connectivity index (χ1v) is 7.79. The van der Waals surface area contributed by atoms with Crippen molar-refractivity contribution < 1.29 is 15.0 Å². The number of carbonyl (C=O) groups is 1. The number of aliphatic hydroxyl groups excluding tert-OH is 1. The maximum atomic E-state index is 10.9. The first-order valence-electron chi connectivity index (χ1n) is 6.63. The molecule has 0 aromatic heterocycles. The number of aliphatic hydroxyl groups is 1. The van der Waals surface area contributed by atoms with Gasteiger partial charge in [-0.1, -0.05) is 13.8 Å². The summed E-state index contributed by atoms with van der Waals surface area (Å²) in [6, 6.07) is 0. The molecule has 4 heteroatoms. The number of carboxylic acid groups (broad SMARTS) is 1. The first-order chi connectivity index (χ1) is 8.21. The van der Waals surface area contributed by atoms with E-state index in [0.29, 0.717) is 0 Å². The van der Waals surface area contributed by atoms with Crippen LogP contribution in [0.4, 0.5) is 0 Å². The standard InChI is InChI=1S/C14H28O3S/c1-13(2,11-15)7-5-9-18-10-6-8-14(3,4)12(16)17/h15H,5-11H2,1-4H3,(H,16,17). The lowest BCUT2D eigenvalue weighted by Gasteiger charge is -2.21. The van der Waals surface area contributed by atoms with Gasteiger partial charge in [-0.3, -0.25) is 4.79 Å². The maximum Gasteiger partial charge on any atom is 0.309 e. The molecule has 0 rings (SSSR count). The lowest BCUT2D eigenvalue weighted by molar-refractivity contribution is -0.147. The van der Waals surface area contributed by atoms with Crippen LogP contribution in [0.1, 0.15) is 53.4 Å². The van der Waals surface area contributed by atoms with E-state index >= 15 is 0 Å². The molecule has 0 bridgehead atoms. The highest BCUT2D eigenvalue weighted by atomic mass is 32.2. The van der Waals surface area contributed by atoms with Gasteiger partial charge in [-0.05, 0) is 56.5 Å². The number of carboxylic acids is 1. The Labute approximate surface area is 115 Å². The zero-order chi connectivity index (χ0) is 14.2. The average molecular weight is 276 g/mol. The lowest BCUT2D eigenvalue weighted by atomic mass is 9.88. The van der Waals surface area contributed by atoms with Crippen LogP contribution in [-0.2, 0) is 4.79 Å². The number of thioether (sulfide) groups is 1. The van der Waals surface area contributed by atoms with Crippen LogP contribution < -0.4 is 0 Å². The van der Waals surface area contributed by atoms with Gasteiger partial charge in [0.1, 0.15) is 0 Å². The van der Waals surface area contributed by atoms with Gasteiger partial charge < -0.3 is 10.2 Å². The third kappa shape index (κ3) is 7.98. The van der Waals surface area contributed by atoms with E-state index in [0.717, 1.165) is 37.2 Å². The molecule has 0 aromatic rings. The van der Waals surface area contributed by atoms with Crippen LogP contribution in [0.2, 0.25) is 0 Å².